The maximum Gasteiger partial charge on any atom is 0.224 e. The molecular weight excluding hydrogens is 350 g/mol. The minimum Gasteiger partial charge on any atom is -0.367 e. The van der Waals surface area contributed by atoms with Gasteiger partial charge in [-0.3, -0.25) is 4.79 Å². The Bertz CT molecular complexity index is 820. The third kappa shape index (κ3) is 5.21. The van der Waals surface area contributed by atoms with Gasteiger partial charge in [-0.1, -0.05) is 12.1 Å². The van der Waals surface area contributed by atoms with Gasteiger partial charge in [0.2, 0.25) is 5.91 Å². The van der Waals surface area contributed by atoms with Gasteiger partial charge in [0, 0.05) is 37.3 Å². The van der Waals surface area contributed by atoms with Crippen LogP contribution < -0.4 is 15.5 Å². The zero-order chi connectivity index (χ0) is 19.3. The van der Waals surface area contributed by atoms with Gasteiger partial charge in [0.25, 0.3) is 0 Å². The van der Waals surface area contributed by atoms with Crippen molar-refractivity contribution in [1.82, 2.24) is 9.97 Å². The summed E-state index contributed by atoms with van der Waals surface area (Å²) in [4.78, 5) is 23.5. The molecule has 1 aromatic carbocycles. The van der Waals surface area contributed by atoms with Crippen LogP contribution in [0.1, 0.15) is 44.1 Å². The summed E-state index contributed by atoms with van der Waals surface area (Å²) in [6, 6.07) is 10.6. The lowest BCUT2D eigenvalue weighted by molar-refractivity contribution is -0.116. The van der Waals surface area contributed by atoms with Crippen molar-refractivity contribution in [3.63, 3.8) is 0 Å². The van der Waals surface area contributed by atoms with Gasteiger partial charge in [0.15, 0.2) is 0 Å². The number of nitrogens with one attached hydrogen (secondary N) is 2. The first-order chi connectivity index (χ1) is 13.7. The standard InChI is InChI=1S/C22H29N5O/c1-16-4-2-6-19(12-16)26-22(28)10-7-17-5-3-11-27(14-17)21-13-20(23-15-24-21)25-18-8-9-18/h2,4,6,12-13,15,17-18H,3,5,7-11,14H2,1H3,(H,26,28)(H,23,24,25)/t17-/m0/s1. The van der Waals surface area contributed by atoms with Crippen molar-refractivity contribution in [2.75, 3.05) is 28.6 Å². The number of nitrogens with zero attached hydrogens (tertiary/aromatic N) is 3. The molecule has 148 valence electrons. The first-order valence-electron chi connectivity index (χ1n) is 10.4. The Morgan fingerprint density at radius 1 is 1.21 bits per heavy atom. The predicted octanol–water partition coefficient (Wildman–Crippen LogP) is 3.99. The van der Waals surface area contributed by atoms with E-state index in [1.54, 1.807) is 6.33 Å². The summed E-state index contributed by atoms with van der Waals surface area (Å²) >= 11 is 0. The van der Waals surface area contributed by atoms with Gasteiger partial charge in [-0.05, 0) is 62.6 Å². The van der Waals surface area contributed by atoms with E-state index in [9.17, 15) is 4.79 Å². The molecule has 6 nitrogen and oxygen atoms in total. The molecule has 4 rings (SSSR count). The molecule has 2 heterocycles. The maximum absolute atomic E-state index is 12.3. The normalized spacial score (nSPS) is 19.3. The molecule has 0 unspecified atom stereocenters. The molecule has 0 radical (unpaired) electrons. The van der Waals surface area contributed by atoms with Crippen LogP contribution in [-0.2, 0) is 4.79 Å². The number of aryl methyl sites for hydroxylation is 1. The average Bonchev–Trinajstić information content (AvgIpc) is 3.51. The van der Waals surface area contributed by atoms with Crippen LogP contribution in [0, 0.1) is 12.8 Å². The molecule has 2 fully saturated rings. The Labute approximate surface area is 166 Å². The molecule has 1 saturated heterocycles. The van der Waals surface area contributed by atoms with Crippen molar-refractivity contribution < 1.29 is 4.79 Å². The van der Waals surface area contributed by atoms with Gasteiger partial charge in [-0.25, -0.2) is 9.97 Å². The molecule has 1 aromatic heterocycles. The quantitative estimate of drug-likeness (QED) is 0.761. The lowest BCUT2D eigenvalue weighted by atomic mass is 9.93. The summed E-state index contributed by atoms with van der Waals surface area (Å²) in [5.74, 6) is 2.53. The highest BCUT2D eigenvalue weighted by atomic mass is 16.1. The lowest BCUT2D eigenvalue weighted by Crippen LogP contribution is -2.36. The highest BCUT2D eigenvalue weighted by Gasteiger charge is 2.24. The number of aromatic nitrogens is 2. The molecular formula is C22H29N5O. The van der Waals surface area contributed by atoms with Crippen LogP contribution in [0.5, 0.6) is 0 Å². The number of anilines is 3. The highest BCUT2D eigenvalue weighted by molar-refractivity contribution is 5.90. The van der Waals surface area contributed by atoms with Crippen molar-refractivity contribution >= 4 is 23.2 Å². The fourth-order valence-corrected chi connectivity index (χ4v) is 3.83. The number of hydrogen-bond acceptors (Lipinski definition) is 5. The smallest absolute Gasteiger partial charge is 0.224 e. The molecule has 1 saturated carbocycles. The van der Waals surface area contributed by atoms with E-state index in [1.807, 2.05) is 31.2 Å². The first kappa shape index (κ1) is 18.7. The largest absolute Gasteiger partial charge is 0.367 e. The van der Waals surface area contributed by atoms with Crippen LogP contribution in [-0.4, -0.2) is 35.0 Å². The zero-order valence-corrected chi connectivity index (χ0v) is 16.5. The number of carbonyl (C=O) groups is 1. The predicted molar refractivity (Wildman–Crippen MR) is 113 cm³/mol. The maximum atomic E-state index is 12.3. The van der Waals surface area contributed by atoms with E-state index in [0.29, 0.717) is 18.4 Å². The number of hydrogen-bond donors (Lipinski definition) is 2. The van der Waals surface area contributed by atoms with Gasteiger partial charge in [0.05, 0.1) is 0 Å². The Balaban J connectivity index is 1.28. The molecule has 0 spiro atoms. The summed E-state index contributed by atoms with van der Waals surface area (Å²) in [6.07, 6.45) is 7.90. The van der Waals surface area contributed by atoms with Crippen LogP contribution >= 0.6 is 0 Å². The fraction of sp³-hybridized carbons (Fsp3) is 0.500. The van der Waals surface area contributed by atoms with Gasteiger partial charge >= 0.3 is 0 Å². The number of amides is 1. The highest BCUT2D eigenvalue weighted by Crippen LogP contribution is 2.28. The summed E-state index contributed by atoms with van der Waals surface area (Å²) in [7, 11) is 0. The molecule has 1 atom stereocenters. The molecule has 6 heteroatoms. The van der Waals surface area contributed by atoms with Crippen LogP contribution in [0.15, 0.2) is 36.7 Å². The number of rotatable bonds is 7. The summed E-state index contributed by atoms with van der Waals surface area (Å²) in [5.41, 5.74) is 2.04. The van der Waals surface area contributed by atoms with Crippen molar-refractivity contribution in [3.8, 4) is 0 Å². The topological polar surface area (TPSA) is 70.2 Å². The van der Waals surface area contributed by atoms with E-state index in [2.05, 4.69) is 31.6 Å². The van der Waals surface area contributed by atoms with Crippen LogP contribution in [0.3, 0.4) is 0 Å². The van der Waals surface area contributed by atoms with E-state index in [0.717, 1.165) is 48.8 Å². The third-order valence-corrected chi connectivity index (χ3v) is 5.51. The Kier molecular flexibility index (Phi) is 5.74. The molecule has 2 N–H and O–H groups in total. The zero-order valence-electron chi connectivity index (χ0n) is 16.5. The van der Waals surface area contributed by atoms with Crippen LogP contribution in [0.2, 0.25) is 0 Å². The van der Waals surface area contributed by atoms with E-state index in [1.165, 1.54) is 19.3 Å². The van der Waals surface area contributed by atoms with Crippen molar-refractivity contribution in [2.45, 2.75) is 51.5 Å². The Morgan fingerprint density at radius 2 is 2.11 bits per heavy atom. The second kappa shape index (κ2) is 8.59. The van der Waals surface area contributed by atoms with Crippen molar-refractivity contribution in [2.24, 2.45) is 5.92 Å². The molecule has 1 aliphatic carbocycles. The second-order valence-corrected chi connectivity index (χ2v) is 8.09. The molecule has 2 aromatic rings. The van der Waals surface area contributed by atoms with Crippen LogP contribution in [0.4, 0.5) is 17.3 Å². The van der Waals surface area contributed by atoms with E-state index in [-0.39, 0.29) is 5.91 Å². The number of benzene rings is 1. The monoisotopic (exact) mass is 379 g/mol. The number of piperidine rings is 1. The number of carbonyl (C=O) groups excluding carboxylic acids is 1. The minimum atomic E-state index is 0.0979. The van der Waals surface area contributed by atoms with Gasteiger partial charge in [-0.2, -0.15) is 0 Å². The molecule has 0 bridgehead atoms. The molecule has 2 aliphatic rings. The van der Waals surface area contributed by atoms with E-state index >= 15 is 0 Å². The van der Waals surface area contributed by atoms with Gasteiger partial charge in [0.1, 0.15) is 18.0 Å². The first-order valence-corrected chi connectivity index (χ1v) is 10.4. The SMILES string of the molecule is Cc1cccc(NC(=O)CC[C@@H]2CCCN(c3cc(NC4CC4)ncn3)C2)c1. The second-order valence-electron chi connectivity index (χ2n) is 8.09. The third-order valence-electron chi connectivity index (χ3n) is 5.51. The molecule has 28 heavy (non-hydrogen) atoms. The van der Waals surface area contributed by atoms with Crippen molar-refractivity contribution in [1.29, 1.82) is 0 Å². The minimum absolute atomic E-state index is 0.0979. The lowest BCUT2D eigenvalue weighted by Gasteiger charge is -2.33. The molecule has 1 amide bonds. The van der Waals surface area contributed by atoms with Crippen molar-refractivity contribution in [3.05, 3.63) is 42.2 Å². The summed E-state index contributed by atoms with van der Waals surface area (Å²) < 4.78 is 0. The van der Waals surface area contributed by atoms with Crippen LogP contribution in [0.25, 0.3) is 0 Å². The Morgan fingerprint density at radius 3 is 2.93 bits per heavy atom. The summed E-state index contributed by atoms with van der Waals surface area (Å²) in [6.45, 7) is 4.01. The van der Waals surface area contributed by atoms with E-state index < -0.39 is 0 Å². The average molecular weight is 380 g/mol. The Hall–Kier alpha value is -2.63. The van der Waals surface area contributed by atoms with Gasteiger partial charge < -0.3 is 15.5 Å². The summed E-state index contributed by atoms with van der Waals surface area (Å²) in [5, 5.41) is 6.46. The fourth-order valence-electron chi connectivity index (χ4n) is 3.83. The van der Waals surface area contributed by atoms with E-state index in [4.69, 9.17) is 0 Å². The molecule has 1 aliphatic heterocycles. The van der Waals surface area contributed by atoms with Gasteiger partial charge in [-0.15, -0.1) is 0 Å².